The number of thioether (sulfide) groups is 1. The van der Waals surface area contributed by atoms with Gasteiger partial charge in [-0.1, -0.05) is 27.7 Å². The van der Waals surface area contributed by atoms with Crippen LogP contribution in [0, 0.1) is 17.8 Å². The Bertz CT molecular complexity index is 193. The lowest BCUT2D eigenvalue weighted by molar-refractivity contribution is 0.278. The topological polar surface area (TPSA) is 24.1 Å². The molecule has 108 valence electrons. The van der Waals surface area contributed by atoms with Crippen molar-refractivity contribution in [2.45, 2.75) is 45.8 Å². The first-order valence-corrected chi connectivity index (χ1v) is 8.69. The van der Waals surface area contributed by atoms with Gasteiger partial charge in [0.1, 0.15) is 0 Å². The number of rotatable bonds is 8. The summed E-state index contributed by atoms with van der Waals surface area (Å²) in [4.78, 5) is 0. The van der Waals surface area contributed by atoms with Crippen LogP contribution in [-0.4, -0.2) is 37.2 Å². The summed E-state index contributed by atoms with van der Waals surface area (Å²) in [7, 11) is 0. The van der Waals surface area contributed by atoms with Gasteiger partial charge in [0.15, 0.2) is 0 Å². The van der Waals surface area contributed by atoms with E-state index in [9.17, 15) is 0 Å². The minimum atomic E-state index is 0.787. The van der Waals surface area contributed by atoms with Crippen molar-refractivity contribution in [1.29, 1.82) is 0 Å². The van der Waals surface area contributed by atoms with Crippen LogP contribution in [0.5, 0.6) is 0 Å². The molecule has 0 bridgehead atoms. The molecule has 0 atom stereocenters. The predicted octanol–water partition coefficient (Wildman–Crippen LogP) is 2.99. The molecule has 0 aliphatic carbocycles. The van der Waals surface area contributed by atoms with Crippen molar-refractivity contribution in [2.75, 3.05) is 31.9 Å². The van der Waals surface area contributed by atoms with Crippen molar-refractivity contribution in [2.24, 2.45) is 17.8 Å². The molecule has 1 aliphatic rings. The summed E-state index contributed by atoms with van der Waals surface area (Å²) in [5, 5.41) is 7.98. The summed E-state index contributed by atoms with van der Waals surface area (Å²) < 4.78 is 0. The quantitative estimate of drug-likeness (QED) is 0.664. The Morgan fingerprint density at radius 2 is 1.72 bits per heavy atom. The summed E-state index contributed by atoms with van der Waals surface area (Å²) >= 11 is 2.16. The second-order valence-corrected chi connectivity index (χ2v) is 7.58. The number of nitrogens with one attached hydrogen (secondary N) is 2. The van der Waals surface area contributed by atoms with Crippen LogP contribution in [-0.2, 0) is 0 Å². The van der Waals surface area contributed by atoms with Crippen LogP contribution in [0.2, 0.25) is 0 Å². The van der Waals surface area contributed by atoms with E-state index < -0.39 is 0 Å². The van der Waals surface area contributed by atoms with E-state index in [-0.39, 0.29) is 0 Å². The van der Waals surface area contributed by atoms with Crippen LogP contribution >= 0.6 is 11.8 Å². The average molecular weight is 273 g/mol. The minimum absolute atomic E-state index is 0.787. The Hall–Kier alpha value is 0.270. The van der Waals surface area contributed by atoms with Gasteiger partial charge < -0.3 is 10.6 Å². The fourth-order valence-electron chi connectivity index (χ4n) is 2.77. The van der Waals surface area contributed by atoms with Crippen molar-refractivity contribution in [3.8, 4) is 0 Å². The van der Waals surface area contributed by atoms with Gasteiger partial charge in [-0.15, -0.1) is 0 Å². The van der Waals surface area contributed by atoms with Crippen LogP contribution in [0.25, 0.3) is 0 Å². The smallest absolute Gasteiger partial charge is 0.00716 e. The van der Waals surface area contributed by atoms with E-state index in [4.69, 9.17) is 0 Å². The monoisotopic (exact) mass is 272 g/mol. The van der Waals surface area contributed by atoms with E-state index in [2.05, 4.69) is 50.1 Å². The maximum absolute atomic E-state index is 3.65. The van der Waals surface area contributed by atoms with Gasteiger partial charge >= 0.3 is 0 Å². The molecule has 3 heteroatoms. The molecule has 0 aromatic rings. The molecule has 0 unspecified atom stereocenters. The van der Waals surface area contributed by atoms with Gasteiger partial charge in [-0.3, -0.25) is 0 Å². The number of piperidine rings is 1. The minimum Gasteiger partial charge on any atom is -0.317 e. The molecule has 0 radical (unpaired) electrons. The maximum Gasteiger partial charge on any atom is 0.00716 e. The third-order valence-corrected chi connectivity index (χ3v) is 5.39. The normalized spacial score (nSPS) is 18.2. The van der Waals surface area contributed by atoms with E-state index in [1.54, 1.807) is 0 Å². The van der Waals surface area contributed by atoms with E-state index >= 15 is 0 Å². The van der Waals surface area contributed by atoms with Gasteiger partial charge in [-0.2, -0.15) is 11.8 Å². The summed E-state index contributed by atoms with van der Waals surface area (Å²) in [5.41, 5.74) is 0. The summed E-state index contributed by atoms with van der Waals surface area (Å²) in [6.45, 7) is 14.2. The van der Waals surface area contributed by atoms with Gasteiger partial charge in [-0.05, 0) is 50.2 Å². The molecule has 1 aliphatic heterocycles. The first-order chi connectivity index (χ1) is 8.61. The van der Waals surface area contributed by atoms with Crippen LogP contribution in [0.4, 0.5) is 0 Å². The van der Waals surface area contributed by atoms with Gasteiger partial charge in [0, 0.05) is 17.5 Å². The molecule has 0 spiro atoms. The number of hydrogen-bond donors (Lipinski definition) is 2. The molecule has 1 fully saturated rings. The molecule has 2 N–H and O–H groups in total. The summed E-state index contributed by atoms with van der Waals surface area (Å²) in [5.74, 6) is 3.66. The lowest BCUT2D eigenvalue weighted by Crippen LogP contribution is -2.32. The third-order valence-electron chi connectivity index (χ3n) is 4.01. The molecular formula is C15H32N2S. The van der Waals surface area contributed by atoms with Crippen molar-refractivity contribution in [3.63, 3.8) is 0 Å². The Kier molecular flexibility index (Phi) is 8.36. The largest absolute Gasteiger partial charge is 0.317 e. The lowest BCUT2D eigenvalue weighted by atomic mass is 9.85. The second-order valence-electron chi connectivity index (χ2n) is 6.18. The molecule has 0 saturated carbocycles. The van der Waals surface area contributed by atoms with Crippen LogP contribution in [0.1, 0.15) is 40.5 Å². The first kappa shape index (κ1) is 16.3. The Morgan fingerprint density at radius 1 is 1.11 bits per heavy atom. The van der Waals surface area contributed by atoms with Gasteiger partial charge in [0.05, 0.1) is 0 Å². The second kappa shape index (κ2) is 9.22. The fraction of sp³-hybridized carbons (Fsp3) is 1.00. The zero-order valence-corrected chi connectivity index (χ0v) is 13.5. The summed E-state index contributed by atoms with van der Waals surface area (Å²) in [6.07, 6.45) is 2.70. The van der Waals surface area contributed by atoms with Gasteiger partial charge in [0.2, 0.25) is 0 Å². The molecule has 1 saturated heterocycles. The van der Waals surface area contributed by atoms with Crippen LogP contribution < -0.4 is 10.6 Å². The van der Waals surface area contributed by atoms with Gasteiger partial charge in [-0.25, -0.2) is 0 Å². The highest BCUT2D eigenvalue weighted by molar-refractivity contribution is 7.99. The molecule has 1 heterocycles. The Morgan fingerprint density at radius 3 is 2.28 bits per heavy atom. The van der Waals surface area contributed by atoms with Crippen molar-refractivity contribution < 1.29 is 0 Å². The highest BCUT2D eigenvalue weighted by atomic mass is 32.2. The molecule has 2 nitrogen and oxygen atoms in total. The van der Waals surface area contributed by atoms with Crippen LogP contribution in [0.15, 0.2) is 0 Å². The zero-order chi connectivity index (χ0) is 13.4. The molecular weight excluding hydrogens is 240 g/mol. The maximum atomic E-state index is 3.65. The third kappa shape index (κ3) is 6.44. The highest BCUT2D eigenvalue weighted by Gasteiger charge is 2.17. The van der Waals surface area contributed by atoms with Crippen molar-refractivity contribution in [1.82, 2.24) is 10.6 Å². The van der Waals surface area contributed by atoms with E-state index in [1.807, 2.05) is 0 Å². The molecule has 18 heavy (non-hydrogen) atoms. The molecule has 0 aromatic carbocycles. The van der Waals surface area contributed by atoms with E-state index in [0.29, 0.717) is 0 Å². The Labute approximate surface area is 118 Å². The van der Waals surface area contributed by atoms with E-state index in [0.717, 1.165) is 23.0 Å². The zero-order valence-electron chi connectivity index (χ0n) is 12.7. The van der Waals surface area contributed by atoms with Crippen molar-refractivity contribution in [3.05, 3.63) is 0 Å². The molecule has 0 aromatic heterocycles. The fourth-order valence-corrected chi connectivity index (χ4v) is 3.93. The SMILES string of the molecule is CC(C)C(CNCCSC1CCNCC1)C(C)C. The van der Waals surface area contributed by atoms with Crippen LogP contribution in [0.3, 0.4) is 0 Å². The Balaban J connectivity index is 2.03. The highest BCUT2D eigenvalue weighted by Crippen LogP contribution is 2.20. The summed E-state index contributed by atoms with van der Waals surface area (Å²) in [6, 6.07) is 0. The van der Waals surface area contributed by atoms with E-state index in [1.165, 1.54) is 44.8 Å². The first-order valence-electron chi connectivity index (χ1n) is 7.64. The molecule has 1 rings (SSSR count). The van der Waals surface area contributed by atoms with Gasteiger partial charge in [0.25, 0.3) is 0 Å². The predicted molar refractivity (Wildman–Crippen MR) is 84.4 cm³/mol. The molecule has 0 amide bonds. The lowest BCUT2D eigenvalue weighted by Gasteiger charge is -2.25. The van der Waals surface area contributed by atoms with Crippen molar-refractivity contribution >= 4 is 11.8 Å². The average Bonchev–Trinajstić information content (AvgIpc) is 2.34. The number of hydrogen-bond acceptors (Lipinski definition) is 3. The standard InChI is InChI=1S/C15H32N2S/c1-12(2)15(13(3)4)11-17-9-10-18-14-5-7-16-8-6-14/h12-17H,5-11H2,1-4H3.